The summed E-state index contributed by atoms with van der Waals surface area (Å²) in [4.78, 5) is 4.71. The highest BCUT2D eigenvalue weighted by Crippen LogP contribution is 2.37. The zero-order chi connectivity index (χ0) is 13.7. The van der Waals surface area contributed by atoms with Crippen molar-refractivity contribution >= 4 is 11.3 Å². The van der Waals surface area contributed by atoms with Crippen LogP contribution in [0.2, 0.25) is 0 Å². The molecule has 19 heavy (non-hydrogen) atoms. The molecule has 3 atom stereocenters. The number of aryl methyl sites for hydroxylation is 1. The highest BCUT2D eigenvalue weighted by molar-refractivity contribution is 7.09. The van der Waals surface area contributed by atoms with Gasteiger partial charge in [-0.1, -0.05) is 19.8 Å². The first kappa shape index (κ1) is 14.9. The first-order valence-electron chi connectivity index (χ1n) is 7.35. The third kappa shape index (κ3) is 4.26. The topological polar surface area (TPSA) is 34.1 Å². The Morgan fingerprint density at radius 3 is 3.00 bits per heavy atom. The van der Waals surface area contributed by atoms with Gasteiger partial charge >= 0.3 is 0 Å². The Kier molecular flexibility index (Phi) is 5.79. The summed E-state index contributed by atoms with van der Waals surface area (Å²) in [6.45, 7) is 6.13. The molecule has 0 amide bonds. The summed E-state index contributed by atoms with van der Waals surface area (Å²) in [6.07, 6.45) is 5.40. The van der Waals surface area contributed by atoms with Crippen molar-refractivity contribution in [3.05, 3.63) is 16.1 Å². The molecule has 0 saturated heterocycles. The summed E-state index contributed by atoms with van der Waals surface area (Å²) >= 11 is 1.80. The zero-order valence-electron chi connectivity index (χ0n) is 12.3. The van der Waals surface area contributed by atoms with Crippen LogP contribution in [0.4, 0.5) is 0 Å². The second-order valence-electron chi connectivity index (χ2n) is 5.78. The molecule has 1 aromatic rings. The quantitative estimate of drug-likeness (QED) is 0.810. The minimum Gasteiger partial charge on any atom is -0.383 e. The molecule has 2 rings (SSSR count). The van der Waals surface area contributed by atoms with E-state index in [9.17, 15) is 0 Å². The van der Waals surface area contributed by atoms with Crippen molar-refractivity contribution in [3.8, 4) is 0 Å². The Morgan fingerprint density at radius 1 is 1.53 bits per heavy atom. The molecule has 1 heterocycles. The molecular weight excluding hydrogens is 256 g/mol. The zero-order valence-corrected chi connectivity index (χ0v) is 13.1. The number of hydrogen-bond donors (Lipinski definition) is 1. The molecule has 0 spiro atoms. The van der Waals surface area contributed by atoms with Crippen molar-refractivity contribution in [3.63, 3.8) is 0 Å². The van der Waals surface area contributed by atoms with Crippen molar-refractivity contribution in [2.45, 2.75) is 45.6 Å². The third-order valence-electron chi connectivity index (χ3n) is 4.02. The van der Waals surface area contributed by atoms with E-state index in [2.05, 4.69) is 24.5 Å². The van der Waals surface area contributed by atoms with Crippen LogP contribution in [0.1, 0.15) is 49.4 Å². The Hall–Kier alpha value is -0.450. The molecule has 3 unspecified atom stereocenters. The third-order valence-corrected chi connectivity index (χ3v) is 5.07. The van der Waals surface area contributed by atoms with Gasteiger partial charge in [0.05, 0.1) is 12.6 Å². The predicted octanol–water partition coefficient (Wildman–Crippen LogP) is 3.55. The minimum atomic E-state index is 0.414. The SMILES string of the molecule is COCCNC(c1nc(C)cs1)C1CCCC(C)C1. The average molecular weight is 282 g/mol. The molecule has 1 aromatic heterocycles. The van der Waals surface area contributed by atoms with E-state index in [1.807, 2.05) is 0 Å². The van der Waals surface area contributed by atoms with Gasteiger partial charge in [0.2, 0.25) is 0 Å². The van der Waals surface area contributed by atoms with Crippen LogP contribution in [0, 0.1) is 18.8 Å². The van der Waals surface area contributed by atoms with Crippen LogP contribution in [-0.4, -0.2) is 25.2 Å². The van der Waals surface area contributed by atoms with Gasteiger partial charge in [-0.05, 0) is 31.6 Å². The van der Waals surface area contributed by atoms with Gasteiger partial charge in [0.25, 0.3) is 0 Å². The first-order chi connectivity index (χ1) is 9.20. The number of methoxy groups -OCH3 is 1. The average Bonchev–Trinajstić information content (AvgIpc) is 2.81. The number of nitrogens with zero attached hydrogens (tertiary/aromatic N) is 1. The van der Waals surface area contributed by atoms with Gasteiger partial charge in [0.15, 0.2) is 0 Å². The van der Waals surface area contributed by atoms with Gasteiger partial charge in [-0.2, -0.15) is 0 Å². The Bertz CT molecular complexity index is 380. The second-order valence-corrected chi connectivity index (χ2v) is 6.67. The molecule has 0 bridgehead atoms. The van der Waals surface area contributed by atoms with Gasteiger partial charge in [0.1, 0.15) is 5.01 Å². The molecule has 0 aliphatic heterocycles. The van der Waals surface area contributed by atoms with Crippen molar-refractivity contribution < 1.29 is 4.74 Å². The molecule has 1 aliphatic rings. The summed E-state index contributed by atoms with van der Waals surface area (Å²) in [7, 11) is 1.76. The van der Waals surface area contributed by atoms with Crippen LogP contribution in [0.15, 0.2) is 5.38 Å². The molecule has 108 valence electrons. The number of nitrogens with one attached hydrogen (secondary N) is 1. The van der Waals surface area contributed by atoms with Gasteiger partial charge < -0.3 is 10.1 Å². The molecular formula is C15H26N2OS. The number of rotatable bonds is 6. The fourth-order valence-electron chi connectivity index (χ4n) is 3.07. The summed E-state index contributed by atoms with van der Waals surface area (Å²) in [6, 6.07) is 0.414. The summed E-state index contributed by atoms with van der Waals surface area (Å²) in [5, 5.41) is 7.08. The fraction of sp³-hybridized carbons (Fsp3) is 0.800. The van der Waals surface area contributed by atoms with E-state index in [4.69, 9.17) is 9.72 Å². The number of ether oxygens (including phenoxy) is 1. The molecule has 1 fully saturated rings. The normalized spacial score (nSPS) is 25.4. The van der Waals surface area contributed by atoms with Crippen molar-refractivity contribution in [1.29, 1.82) is 0 Å². The van der Waals surface area contributed by atoms with Crippen molar-refractivity contribution in [2.75, 3.05) is 20.3 Å². The van der Waals surface area contributed by atoms with Gasteiger partial charge in [-0.15, -0.1) is 11.3 Å². The molecule has 3 nitrogen and oxygen atoms in total. The van der Waals surface area contributed by atoms with Crippen LogP contribution in [-0.2, 0) is 4.74 Å². The highest BCUT2D eigenvalue weighted by Gasteiger charge is 2.29. The summed E-state index contributed by atoms with van der Waals surface area (Å²) in [5.74, 6) is 1.58. The van der Waals surface area contributed by atoms with Gasteiger partial charge in [-0.25, -0.2) is 4.98 Å². The highest BCUT2D eigenvalue weighted by atomic mass is 32.1. The van der Waals surface area contributed by atoms with E-state index < -0.39 is 0 Å². The van der Waals surface area contributed by atoms with E-state index in [0.29, 0.717) is 6.04 Å². The lowest BCUT2D eigenvalue weighted by Crippen LogP contribution is -2.33. The Labute approximate surface area is 120 Å². The lowest BCUT2D eigenvalue weighted by atomic mass is 9.78. The molecule has 0 radical (unpaired) electrons. The van der Waals surface area contributed by atoms with E-state index >= 15 is 0 Å². The van der Waals surface area contributed by atoms with Crippen molar-refractivity contribution in [2.24, 2.45) is 11.8 Å². The maximum absolute atomic E-state index is 5.16. The van der Waals surface area contributed by atoms with Gasteiger partial charge in [0, 0.05) is 24.7 Å². The van der Waals surface area contributed by atoms with Crippen LogP contribution in [0.25, 0.3) is 0 Å². The number of thiazole rings is 1. The molecule has 4 heteroatoms. The van der Waals surface area contributed by atoms with E-state index in [0.717, 1.165) is 30.7 Å². The maximum atomic E-state index is 5.16. The first-order valence-corrected chi connectivity index (χ1v) is 8.23. The Balaban J connectivity index is 2.04. The molecule has 1 saturated carbocycles. The summed E-state index contributed by atoms with van der Waals surface area (Å²) < 4.78 is 5.16. The number of hydrogen-bond acceptors (Lipinski definition) is 4. The van der Waals surface area contributed by atoms with Crippen LogP contribution >= 0.6 is 11.3 Å². The van der Waals surface area contributed by atoms with E-state index in [-0.39, 0.29) is 0 Å². The van der Waals surface area contributed by atoms with E-state index in [1.165, 1.54) is 30.7 Å². The molecule has 0 aromatic carbocycles. The molecule has 1 aliphatic carbocycles. The van der Waals surface area contributed by atoms with E-state index in [1.54, 1.807) is 18.4 Å². The fourth-order valence-corrected chi connectivity index (χ4v) is 4.03. The Morgan fingerprint density at radius 2 is 2.37 bits per heavy atom. The van der Waals surface area contributed by atoms with Crippen molar-refractivity contribution in [1.82, 2.24) is 10.3 Å². The lowest BCUT2D eigenvalue weighted by molar-refractivity contribution is 0.177. The minimum absolute atomic E-state index is 0.414. The smallest absolute Gasteiger partial charge is 0.110 e. The second kappa shape index (κ2) is 7.36. The van der Waals surface area contributed by atoms with Crippen LogP contribution in [0.5, 0.6) is 0 Å². The maximum Gasteiger partial charge on any atom is 0.110 e. The monoisotopic (exact) mass is 282 g/mol. The van der Waals surface area contributed by atoms with Crippen LogP contribution in [0.3, 0.4) is 0 Å². The predicted molar refractivity (Wildman–Crippen MR) is 80.6 cm³/mol. The largest absolute Gasteiger partial charge is 0.383 e. The van der Waals surface area contributed by atoms with Crippen LogP contribution < -0.4 is 5.32 Å². The summed E-state index contributed by atoms with van der Waals surface area (Å²) in [5.41, 5.74) is 1.14. The standard InChI is InChI=1S/C15H26N2OS/c1-11-5-4-6-13(9-11)14(16-7-8-18-3)15-17-12(2)10-19-15/h10-11,13-14,16H,4-9H2,1-3H3. The number of aromatic nitrogens is 1. The molecule has 1 N–H and O–H groups in total. The van der Waals surface area contributed by atoms with Gasteiger partial charge in [-0.3, -0.25) is 0 Å². The lowest BCUT2D eigenvalue weighted by Gasteiger charge is -2.33.